The van der Waals surface area contributed by atoms with Gasteiger partial charge in [-0.05, 0) is 39.4 Å². The van der Waals surface area contributed by atoms with Crippen molar-refractivity contribution in [1.82, 2.24) is 14.9 Å². The Morgan fingerprint density at radius 3 is 2.94 bits per heavy atom. The standard InChI is InChI=1S/C13H21N3O2/c1-16-7-5-10(6-8-16)11-9-14-12(15-11)3-2-4-13(17)18/h9-10H,2-8H2,1H3,(H,14,15)(H,17,18). The van der Waals surface area contributed by atoms with Crippen molar-refractivity contribution in [3.05, 3.63) is 17.7 Å². The molecule has 0 radical (unpaired) electrons. The Morgan fingerprint density at radius 2 is 2.28 bits per heavy atom. The van der Waals surface area contributed by atoms with Crippen LogP contribution < -0.4 is 0 Å². The van der Waals surface area contributed by atoms with E-state index in [2.05, 4.69) is 21.9 Å². The number of aryl methyl sites for hydroxylation is 1. The largest absolute Gasteiger partial charge is 0.481 e. The molecule has 0 unspecified atom stereocenters. The highest BCUT2D eigenvalue weighted by Gasteiger charge is 2.19. The first-order valence-electron chi connectivity index (χ1n) is 6.59. The number of aromatic nitrogens is 2. The summed E-state index contributed by atoms with van der Waals surface area (Å²) in [6, 6.07) is 0. The monoisotopic (exact) mass is 251 g/mol. The van der Waals surface area contributed by atoms with Crippen LogP contribution >= 0.6 is 0 Å². The molecule has 1 aromatic rings. The molecule has 1 fully saturated rings. The minimum atomic E-state index is -0.739. The Bertz CT molecular complexity index is 395. The molecule has 2 N–H and O–H groups in total. The van der Waals surface area contributed by atoms with Crippen LogP contribution in [0.3, 0.4) is 0 Å². The van der Waals surface area contributed by atoms with Crippen molar-refractivity contribution in [2.75, 3.05) is 20.1 Å². The van der Waals surface area contributed by atoms with Gasteiger partial charge in [-0.15, -0.1) is 0 Å². The van der Waals surface area contributed by atoms with Crippen LogP contribution in [0.1, 0.15) is 43.1 Å². The van der Waals surface area contributed by atoms with Crippen LogP contribution in [0.4, 0.5) is 0 Å². The van der Waals surface area contributed by atoms with Crippen LogP contribution in [0, 0.1) is 0 Å². The molecule has 100 valence electrons. The van der Waals surface area contributed by atoms with Crippen LogP contribution in [0.2, 0.25) is 0 Å². The molecule has 0 bridgehead atoms. The molecule has 2 rings (SSSR count). The molecule has 2 heterocycles. The smallest absolute Gasteiger partial charge is 0.303 e. The predicted octanol–water partition coefficient (Wildman–Crippen LogP) is 1.63. The SMILES string of the molecule is CN1CCC(c2cnc(CCCC(=O)O)[nH]2)CC1. The van der Waals surface area contributed by atoms with E-state index in [1.54, 1.807) is 0 Å². The minimum Gasteiger partial charge on any atom is -0.481 e. The quantitative estimate of drug-likeness (QED) is 0.834. The summed E-state index contributed by atoms with van der Waals surface area (Å²) < 4.78 is 0. The van der Waals surface area contributed by atoms with Gasteiger partial charge in [0.2, 0.25) is 0 Å². The number of carboxylic acids is 1. The highest BCUT2D eigenvalue weighted by Crippen LogP contribution is 2.26. The minimum absolute atomic E-state index is 0.213. The highest BCUT2D eigenvalue weighted by molar-refractivity contribution is 5.66. The first-order valence-corrected chi connectivity index (χ1v) is 6.59. The normalized spacial score (nSPS) is 18.1. The number of aliphatic carboxylic acids is 1. The summed E-state index contributed by atoms with van der Waals surface area (Å²) in [7, 11) is 2.15. The summed E-state index contributed by atoms with van der Waals surface area (Å²) in [5, 5.41) is 8.59. The summed E-state index contributed by atoms with van der Waals surface area (Å²) >= 11 is 0. The molecule has 0 atom stereocenters. The number of rotatable bonds is 5. The van der Waals surface area contributed by atoms with E-state index in [4.69, 9.17) is 5.11 Å². The number of carboxylic acid groups (broad SMARTS) is 1. The van der Waals surface area contributed by atoms with E-state index in [0.717, 1.165) is 25.3 Å². The molecule has 0 amide bonds. The van der Waals surface area contributed by atoms with E-state index >= 15 is 0 Å². The van der Waals surface area contributed by atoms with Gasteiger partial charge in [-0.1, -0.05) is 0 Å². The van der Waals surface area contributed by atoms with E-state index in [0.29, 0.717) is 12.3 Å². The number of hydrogen-bond acceptors (Lipinski definition) is 3. The topological polar surface area (TPSA) is 69.2 Å². The van der Waals surface area contributed by atoms with Crippen LogP contribution in [0.25, 0.3) is 0 Å². The van der Waals surface area contributed by atoms with Crippen molar-refractivity contribution in [1.29, 1.82) is 0 Å². The lowest BCUT2D eigenvalue weighted by molar-refractivity contribution is -0.137. The van der Waals surface area contributed by atoms with Gasteiger partial charge in [0.25, 0.3) is 0 Å². The molecule has 0 spiro atoms. The van der Waals surface area contributed by atoms with E-state index in [1.807, 2.05) is 6.20 Å². The van der Waals surface area contributed by atoms with Gasteiger partial charge in [-0.2, -0.15) is 0 Å². The fourth-order valence-electron chi connectivity index (χ4n) is 2.44. The van der Waals surface area contributed by atoms with Gasteiger partial charge >= 0.3 is 5.97 Å². The fraction of sp³-hybridized carbons (Fsp3) is 0.692. The first kappa shape index (κ1) is 13.1. The second kappa shape index (κ2) is 6.00. The first-order chi connectivity index (χ1) is 8.65. The Labute approximate surface area is 107 Å². The Balaban J connectivity index is 1.84. The molecule has 1 aliphatic heterocycles. The molecule has 1 saturated heterocycles. The predicted molar refractivity (Wildman–Crippen MR) is 68.6 cm³/mol. The van der Waals surface area contributed by atoms with Crippen molar-refractivity contribution in [2.45, 2.75) is 38.0 Å². The zero-order valence-electron chi connectivity index (χ0n) is 10.9. The number of imidazole rings is 1. The molecule has 18 heavy (non-hydrogen) atoms. The van der Waals surface area contributed by atoms with Crippen molar-refractivity contribution >= 4 is 5.97 Å². The molecule has 0 aliphatic carbocycles. The zero-order valence-corrected chi connectivity index (χ0v) is 10.9. The second-order valence-electron chi connectivity index (χ2n) is 5.11. The van der Waals surface area contributed by atoms with Crippen LogP contribution in [-0.2, 0) is 11.2 Å². The van der Waals surface area contributed by atoms with Gasteiger partial charge < -0.3 is 15.0 Å². The van der Waals surface area contributed by atoms with Gasteiger partial charge in [0.05, 0.1) is 0 Å². The van der Waals surface area contributed by atoms with Crippen molar-refractivity contribution in [3.63, 3.8) is 0 Å². The molecular weight excluding hydrogens is 230 g/mol. The van der Waals surface area contributed by atoms with Gasteiger partial charge in [0, 0.05) is 30.7 Å². The molecular formula is C13H21N3O2. The van der Waals surface area contributed by atoms with Gasteiger partial charge in [-0.3, -0.25) is 4.79 Å². The van der Waals surface area contributed by atoms with E-state index in [-0.39, 0.29) is 6.42 Å². The summed E-state index contributed by atoms with van der Waals surface area (Å²) in [5.41, 5.74) is 1.22. The summed E-state index contributed by atoms with van der Waals surface area (Å²) in [6.07, 6.45) is 5.85. The number of nitrogens with one attached hydrogen (secondary N) is 1. The maximum atomic E-state index is 10.4. The highest BCUT2D eigenvalue weighted by atomic mass is 16.4. The molecule has 5 nitrogen and oxygen atoms in total. The third kappa shape index (κ3) is 3.57. The molecule has 1 aromatic heterocycles. The fourth-order valence-corrected chi connectivity index (χ4v) is 2.44. The number of likely N-dealkylation sites (tertiary alicyclic amines) is 1. The number of piperidine rings is 1. The number of aromatic amines is 1. The van der Waals surface area contributed by atoms with E-state index in [1.165, 1.54) is 18.5 Å². The summed E-state index contributed by atoms with van der Waals surface area (Å²) in [4.78, 5) is 20.5. The molecule has 5 heteroatoms. The third-order valence-electron chi connectivity index (χ3n) is 3.61. The lowest BCUT2D eigenvalue weighted by Gasteiger charge is -2.28. The van der Waals surface area contributed by atoms with Crippen LogP contribution in [0.5, 0.6) is 0 Å². The Hall–Kier alpha value is -1.36. The second-order valence-corrected chi connectivity index (χ2v) is 5.11. The van der Waals surface area contributed by atoms with Gasteiger partial charge in [-0.25, -0.2) is 4.98 Å². The summed E-state index contributed by atoms with van der Waals surface area (Å²) in [5.74, 6) is 0.768. The van der Waals surface area contributed by atoms with Gasteiger partial charge in [0.15, 0.2) is 0 Å². The van der Waals surface area contributed by atoms with Crippen molar-refractivity contribution in [2.24, 2.45) is 0 Å². The Morgan fingerprint density at radius 1 is 1.56 bits per heavy atom. The van der Waals surface area contributed by atoms with Crippen LogP contribution in [-0.4, -0.2) is 46.1 Å². The lowest BCUT2D eigenvalue weighted by Crippen LogP contribution is -2.29. The number of H-pyrrole nitrogens is 1. The van der Waals surface area contributed by atoms with Crippen molar-refractivity contribution in [3.8, 4) is 0 Å². The third-order valence-corrected chi connectivity index (χ3v) is 3.61. The van der Waals surface area contributed by atoms with Crippen LogP contribution in [0.15, 0.2) is 6.20 Å². The zero-order chi connectivity index (χ0) is 13.0. The lowest BCUT2D eigenvalue weighted by atomic mass is 9.94. The molecule has 1 aliphatic rings. The van der Waals surface area contributed by atoms with E-state index < -0.39 is 5.97 Å². The molecule has 0 saturated carbocycles. The number of nitrogens with zero attached hydrogens (tertiary/aromatic N) is 2. The number of hydrogen-bond donors (Lipinski definition) is 2. The Kier molecular flexibility index (Phi) is 4.36. The maximum absolute atomic E-state index is 10.4. The van der Waals surface area contributed by atoms with E-state index in [9.17, 15) is 4.79 Å². The van der Waals surface area contributed by atoms with Crippen molar-refractivity contribution < 1.29 is 9.90 Å². The summed E-state index contributed by atoms with van der Waals surface area (Å²) in [6.45, 7) is 2.27. The average Bonchev–Trinajstić information content (AvgIpc) is 2.78. The van der Waals surface area contributed by atoms with Gasteiger partial charge in [0.1, 0.15) is 5.82 Å². The average molecular weight is 251 g/mol. The number of carbonyl (C=O) groups is 1. The maximum Gasteiger partial charge on any atom is 0.303 e. The molecule has 0 aromatic carbocycles.